The SMILES string of the molecule is CC(=O)c1ccc(N2CCN(C(=O)CNC(=O)c3ccc(Cl)cc3Cl)CC2)cc1. The summed E-state index contributed by atoms with van der Waals surface area (Å²) in [6.07, 6.45) is 0. The highest BCUT2D eigenvalue weighted by atomic mass is 35.5. The van der Waals surface area contributed by atoms with Gasteiger partial charge in [0.1, 0.15) is 0 Å². The molecule has 3 rings (SSSR count). The van der Waals surface area contributed by atoms with E-state index >= 15 is 0 Å². The first-order valence-electron chi connectivity index (χ1n) is 9.22. The third kappa shape index (κ3) is 5.28. The number of hydrogen-bond donors (Lipinski definition) is 1. The van der Waals surface area contributed by atoms with Crippen LogP contribution in [0.2, 0.25) is 10.0 Å². The number of amides is 2. The van der Waals surface area contributed by atoms with Crippen LogP contribution >= 0.6 is 23.2 Å². The maximum absolute atomic E-state index is 12.4. The van der Waals surface area contributed by atoms with Gasteiger partial charge in [-0.25, -0.2) is 0 Å². The first kappa shape index (κ1) is 21.1. The van der Waals surface area contributed by atoms with E-state index in [9.17, 15) is 14.4 Å². The van der Waals surface area contributed by atoms with E-state index in [0.29, 0.717) is 36.8 Å². The van der Waals surface area contributed by atoms with Crippen molar-refractivity contribution in [3.05, 3.63) is 63.6 Å². The highest BCUT2D eigenvalue weighted by Gasteiger charge is 2.22. The van der Waals surface area contributed by atoms with Gasteiger partial charge in [0.25, 0.3) is 5.91 Å². The Morgan fingerprint density at radius 3 is 2.21 bits per heavy atom. The van der Waals surface area contributed by atoms with Gasteiger partial charge < -0.3 is 15.1 Å². The monoisotopic (exact) mass is 433 g/mol. The average Bonchev–Trinajstić information content (AvgIpc) is 2.72. The summed E-state index contributed by atoms with van der Waals surface area (Å²) >= 11 is 11.9. The predicted octanol–water partition coefficient (Wildman–Crippen LogP) is 3.27. The van der Waals surface area contributed by atoms with Crippen molar-refractivity contribution < 1.29 is 14.4 Å². The zero-order valence-electron chi connectivity index (χ0n) is 16.0. The van der Waals surface area contributed by atoms with Gasteiger partial charge in [-0.3, -0.25) is 14.4 Å². The fraction of sp³-hybridized carbons (Fsp3) is 0.286. The predicted molar refractivity (Wildman–Crippen MR) is 114 cm³/mol. The molecule has 0 bridgehead atoms. The topological polar surface area (TPSA) is 69.7 Å². The molecule has 2 aromatic carbocycles. The molecule has 0 atom stereocenters. The number of benzene rings is 2. The first-order valence-corrected chi connectivity index (χ1v) is 9.97. The lowest BCUT2D eigenvalue weighted by molar-refractivity contribution is -0.130. The standard InChI is InChI=1S/C21H21Cl2N3O3/c1-14(27)15-2-5-17(6-3-15)25-8-10-26(11-9-25)20(28)13-24-21(29)18-7-4-16(22)12-19(18)23/h2-7,12H,8-11,13H2,1H3,(H,24,29). The molecule has 8 heteroatoms. The molecule has 0 unspecified atom stereocenters. The number of nitrogens with zero attached hydrogens (tertiary/aromatic N) is 2. The Balaban J connectivity index is 1.49. The molecule has 0 saturated carbocycles. The highest BCUT2D eigenvalue weighted by Crippen LogP contribution is 2.21. The number of Topliss-reactive ketones (excluding diaryl/α,β-unsaturated/α-hetero) is 1. The van der Waals surface area contributed by atoms with Gasteiger partial charge in [0.15, 0.2) is 5.78 Å². The molecule has 1 saturated heterocycles. The highest BCUT2D eigenvalue weighted by molar-refractivity contribution is 6.36. The Morgan fingerprint density at radius 2 is 1.62 bits per heavy atom. The number of carbonyl (C=O) groups excluding carboxylic acids is 3. The maximum Gasteiger partial charge on any atom is 0.253 e. The van der Waals surface area contributed by atoms with E-state index in [0.717, 1.165) is 5.69 Å². The van der Waals surface area contributed by atoms with Crippen LogP contribution < -0.4 is 10.2 Å². The number of carbonyl (C=O) groups is 3. The lowest BCUT2D eigenvalue weighted by Crippen LogP contribution is -2.51. The van der Waals surface area contributed by atoms with Crippen molar-refractivity contribution in [2.75, 3.05) is 37.6 Å². The number of nitrogens with one attached hydrogen (secondary N) is 1. The third-order valence-corrected chi connectivity index (χ3v) is 5.40. The summed E-state index contributed by atoms with van der Waals surface area (Å²) in [5.74, 6) is -0.520. The quantitative estimate of drug-likeness (QED) is 0.734. The maximum atomic E-state index is 12.4. The molecular formula is C21H21Cl2N3O3. The van der Waals surface area contributed by atoms with Gasteiger partial charge in [-0.05, 0) is 49.4 Å². The fourth-order valence-corrected chi connectivity index (χ4v) is 3.65. The molecule has 1 heterocycles. The van der Waals surface area contributed by atoms with Crippen LogP contribution in [0.4, 0.5) is 5.69 Å². The van der Waals surface area contributed by atoms with Crippen molar-refractivity contribution in [2.24, 2.45) is 0 Å². The Labute approximate surface area is 179 Å². The van der Waals surface area contributed by atoms with Gasteiger partial charge in [-0.15, -0.1) is 0 Å². The van der Waals surface area contributed by atoms with Crippen LogP contribution in [0.5, 0.6) is 0 Å². The summed E-state index contributed by atoms with van der Waals surface area (Å²) in [5, 5.41) is 3.30. The van der Waals surface area contributed by atoms with Crippen LogP contribution in [0.15, 0.2) is 42.5 Å². The van der Waals surface area contributed by atoms with E-state index in [1.807, 2.05) is 24.3 Å². The summed E-state index contributed by atoms with van der Waals surface area (Å²) in [5.41, 5.74) is 1.98. The van der Waals surface area contributed by atoms with Crippen LogP contribution in [0, 0.1) is 0 Å². The molecule has 2 amide bonds. The summed E-state index contributed by atoms with van der Waals surface area (Å²) in [7, 11) is 0. The number of hydrogen-bond acceptors (Lipinski definition) is 4. The molecule has 0 radical (unpaired) electrons. The Bertz CT molecular complexity index is 923. The minimum Gasteiger partial charge on any atom is -0.368 e. The minimum absolute atomic E-state index is 0.0360. The van der Waals surface area contributed by atoms with Gasteiger partial charge in [-0.2, -0.15) is 0 Å². The van der Waals surface area contributed by atoms with Gasteiger partial charge >= 0.3 is 0 Å². The van der Waals surface area contributed by atoms with Gasteiger partial charge in [0, 0.05) is 42.5 Å². The zero-order chi connectivity index (χ0) is 21.0. The first-order chi connectivity index (χ1) is 13.8. The van der Waals surface area contributed by atoms with Crippen LogP contribution in [-0.2, 0) is 4.79 Å². The van der Waals surface area contributed by atoms with Crippen molar-refractivity contribution in [2.45, 2.75) is 6.92 Å². The Kier molecular flexibility index (Phi) is 6.77. The zero-order valence-corrected chi connectivity index (χ0v) is 17.5. The van der Waals surface area contributed by atoms with Crippen LogP contribution in [0.25, 0.3) is 0 Å². The minimum atomic E-state index is -0.413. The molecule has 0 aliphatic carbocycles. The molecule has 0 aromatic heterocycles. The smallest absolute Gasteiger partial charge is 0.253 e. The fourth-order valence-electron chi connectivity index (χ4n) is 3.16. The molecule has 6 nitrogen and oxygen atoms in total. The van der Waals surface area contributed by atoms with E-state index in [4.69, 9.17) is 23.2 Å². The van der Waals surface area contributed by atoms with Crippen molar-refractivity contribution >= 4 is 46.5 Å². The molecule has 0 spiro atoms. The van der Waals surface area contributed by atoms with Crippen LogP contribution in [0.3, 0.4) is 0 Å². The number of ketones is 1. The molecular weight excluding hydrogens is 413 g/mol. The average molecular weight is 434 g/mol. The molecule has 1 N–H and O–H groups in total. The van der Waals surface area contributed by atoms with Gasteiger partial charge in [0.2, 0.25) is 5.91 Å². The molecule has 29 heavy (non-hydrogen) atoms. The van der Waals surface area contributed by atoms with E-state index < -0.39 is 5.91 Å². The lowest BCUT2D eigenvalue weighted by atomic mass is 10.1. The summed E-state index contributed by atoms with van der Waals surface area (Å²) in [4.78, 5) is 39.9. The van der Waals surface area contributed by atoms with E-state index in [1.54, 1.807) is 17.9 Å². The van der Waals surface area contributed by atoms with Crippen molar-refractivity contribution in [1.29, 1.82) is 0 Å². The van der Waals surface area contributed by atoms with Gasteiger partial charge in [-0.1, -0.05) is 23.2 Å². The third-order valence-electron chi connectivity index (χ3n) is 4.85. The Morgan fingerprint density at radius 1 is 0.966 bits per heavy atom. The van der Waals surface area contributed by atoms with Crippen molar-refractivity contribution in [3.63, 3.8) is 0 Å². The van der Waals surface area contributed by atoms with E-state index in [2.05, 4.69) is 10.2 Å². The molecule has 1 fully saturated rings. The molecule has 152 valence electrons. The number of piperazine rings is 1. The summed E-state index contributed by atoms with van der Waals surface area (Å²) in [6.45, 7) is 3.93. The number of rotatable bonds is 5. The number of halogens is 2. The summed E-state index contributed by atoms with van der Waals surface area (Å²) in [6, 6.07) is 12.1. The van der Waals surface area contributed by atoms with Gasteiger partial charge in [0.05, 0.1) is 17.1 Å². The molecule has 2 aromatic rings. The summed E-state index contributed by atoms with van der Waals surface area (Å²) < 4.78 is 0. The van der Waals surface area contributed by atoms with E-state index in [-0.39, 0.29) is 28.8 Å². The largest absolute Gasteiger partial charge is 0.368 e. The number of anilines is 1. The normalized spacial score (nSPS) is 13.9. The van der Waals surface area contributed by atoms with Crippen molar-refractivity contribution in [1.82, 2.24) is 10.2 Å². The molecule has 1 aliphatic rings. The second kappa shape index (κ2) is 9.29. The van der Waals surface area contributed by atoms with Crippen molar-refractivity contribution in [3.8, 4) is 0 Å². The van der Waals surface area contributed by atoms with Crippen LogP contribution in [0.1, 0.15) is 27.6 Å². The van der Waals surface area contributed by atoms with Crippen LogP contribution in [-0.4, -0.2) is 55.2 Å². The molecule has 1 aliphatic heterocycles. The van der Waals surface area contributed by atoms with E-state index in [1.165, 1.54) is 12.1 Å². The second-order valence-electron chi connectivity index (χ2n) is 6.78. The lowest BCUT2D eigenvalue weighted by Gasteiger charge is -2.36. The second-order valence-corrected chi connectivity index (χ2v) is 7.62. The Hall–Kier alpha value is -2.57.